The van der Waals surface area contributed by atoms with E-state index in [1.165, 1.54) is 30.3 Å². The number of hydrogen-bond donors (Lipinski definition) is 1. The molecule has 0 spiro atoms. The van der Waals surface area contributed by atoms with Crippen LogP contribution in [-0.4, -0.2) is 9.97 Å². The van der Waals surface area contributed by atoms with Gasteiger partial charge in [-0.2, -0.15) is 0 Å². The van der Waals surface area contributed by atoms with Crippen molar-refractivity contribution in [1.29, 1.82) is 0 Å². The molecule has 0 amide bonds. The minimum Gasteiger partial charge on any atom is -0.307 e. The van der Waals surface area contributed by atoms with Crippen LogP contribution in [0.15, 0.2) is 35.1 Å². The highest BCUT2D eigenvalue weighted by molar-refractivity contribution is 5.55. The highest BCUT2D eigenvalue weighted by atomic mass is 19.3. The summed E-state index contributed by atoms with van der Waals surface area (Å²) in [6.45, 7) is 1.89. The lowest BCUT2D eigenvalue weighted by molar-refractivity contribution is 0.151. The molecule has 0 radical (unpaired) electrons. The minimum absolute atomic E-state index is 0.0484. The number of aromatic amines is 1. The van der Waals surface area contributed by atoms with E-state index in [4.69, 9.17) is 0 Å². The molecule has 1 N–H and O–H groups in total. The van der Waals surface area contributed by atoms with Crippen LogP contribution < -0.4 is 5.56 Å². The number of benzene rings is 1. The molecule has 18 heavy (non-hydrogen) atoms. The second-order valence-electron chi connectivity index (χ2n) is 3.86. The molecule has 0 aliphatic carbocycles. The van der Waals surface area contributed by atoms with E-state index in [2.05, 4.69) is 9.97 Å². The molecule has 0 aliphatic rings. The van der Waals surface area contributed by atoms with Crippen molar-refractivity contribution >= 4 is 0 Å². The summed E-state index contributed by atoms with van der Waals surface area (Å²) < 4.78 is 24.8. The summed E-state index contributed by atoms with van der Waals surface area (Å²) >= 11 is 0. The highest BCUT2D eigenvalue weighted by Gasteiger charge is 2.08. The van der Waals surface area contributed by atoms with Crippen LogP contribution in [0.4, 0.5) is 8.78 Å². The Morgan fingerprint density at radius 3 is 2.50 bits per heavy atom. The van der Waals surface area contributed by atoms with Crippen LogP contribution in [0.5, 0.6) is 0 Å². The largest absolute Gasteiger partial charge is 0.307 e. The van der Waals surface area contributed by atoms with Gasteiger partial charge >= 0.3 is 0 Å². The standard InChI is InChI=1S/C13H12F2N2O/c1-2-10-7-11(18)17-13(16-10)9-5-3-8(4-6-9)12(14)15/h3-7,12H,2H2,1H3,(H,16,17,18). The number of nitrogens with zero attached hydrogens (tertiary/aromatic N) is 1. The summed E-state index contributed by atoms with van der Waals surface area (Å²) in [7, 11) is 0. The first kappa shape index (κ1) is 12.4. The van der Waals surface area contributed by atoms with Crippen molar-refractivity contribution in [2.45, 2.75) is 19.8 Å². The van der Waals surface area contributed by atoms with E-state index in [0.29, 0.717) is 23.5 Å². The highest BCUT2D eigenvalue weighted by Crippen LogP contribution is 2.21. The van der Waals surface area contributed by atoms with Crippen molar-refractivity contribution in [3.8, 4) is 11.4 Å². The predicted molar refractivity (Wildman–Crippen MR) is 64.6 cm³/mol. The Morgan fingerprint density at radius 2 is 1.94 bits per heavy atom. The fourth-order valence-electron chi connectivity index (χ4n) is 1.61. The third-order valence-electron chi connectivity index (χ3n) is 2.59. The average molecular weight is 250 g/mol. The Bertz CT molecular complexity index is 591. The van der Waals surface area contributed by atoms with Crippen LogP contribution in [0.2, 0.25) is 0 Å². The quantitative estimate of drug-likeness (QED) is 0.910. The number of aryl methyl sites for hydroxylation is 1. The molecule has 0 saturated carbocycles. The van der Waals surface area contributed by atoms with Crippen LogP contribution in [0, 0.1) is 0 Å². The van der Waals surface area contributed by atoms with Gasteiger partial charge in [-0.25, -0.2) is 13.8 Å². The van der Waals surface area contributed by atoms with Crippen LogP contribution in [0.3, 0.4) is 0 Å². The first-order chi connectivity index (χ1) is 8.60. The molecule has 3 nitrogen and oxygen atoms in total. The zero-order chi connectivity index (χ0) is 13.1. The van der Waals surface area contributed by atoms with Gasteiger partial charge in [0, 0.05) is 22.9 Å². The Kier molecular flexibility index (Phi) is 3.50. The number of hydrogen-bond acceptors (Lipinski definition) is 2. The second-order valence-corrected chi connectivity index (χ2v) is 3.86. The second kappa shape index (κ2) is 5.08. The summed E-state index contributed by atoms with van der Waals surface area (Å²) in [5.41, 5.74) is 1.00. The maximum Gasteiger partial charge on any atom is 0.263 e. The topological polar surface area (TPSA) is 45.8 Å². The Hall–Kier alpha value is -2.04. The molecule has 5 heteroatoms. The zero-order valence-corrected chi connectivity index (χ0v) is 9.78. The molecule has 2 aromatic rings. The minimum atomic E-state index is -2.49. The van der Waals surface area contributed by atoms with E-state index >= 15 is 0 Å². The van der Waals surface area contributed by atoms with Gasteiger partial charge in [0.05, 0.1) is 0 Å². The van der Waals surface area contributed by atoms with Crippen molar-refractivity contribution in [2.75, 3.05) is 0 Å². The monoisotopic (exact) mass is 250 g/mol. The van der Waals surface area contributed by atoms with Crippen molar-refractivity contribution in [3.05, 3.63) is 51.9 Å². The van der Waals surface area contributed by atoms with E-state index in [9.17, 15) is 13.6 Å². The lowest BCUT2D eigenvalue weighted by atomic mass is 10.1. The fraction of sp³-hybridized carbons (Fsp3) is 0.231. The van der Waals surface area contributed by atoms with Gasteiger partial charge in [0.15, 0.2) is 0 Å². The molecule has 0 unspecified atom stereocenters. The first-order valence-corrected chi connectivity index (χ1v) is 5.59. The zero-order valence-electron chi connectivity index (χ0n) is 9.78. The Labute approximate surface area is 103 Å². The molecule has 94 valence electrons. The van der Waals surface area contributed by atoms with Gasteiger partial charge < -0.3 is 4.98 Å². The van der Waals surface area contributed by atoms with Crippen LogP contribution in [0.1, 0.15) is 24.6 Å². The van der Waals surface area contributed by atoms with Crippen molar-refractivity contribution in [2.24, 2.45) is 0 Å². The number of H-pyrrole nitrogens is 1. The summed E-state index contributed by atoms with van der Waals surface area (Å²) in [5.74, 6) is 0.403. The van der Waals surface area contributed by atoms with Gasteiger partial charge in [0.1, 0.15) is 5.82 Å². The lowest BCUT2D eigenvalue weighted by Crippen LogP contribution is -2.09. The van der Waals surface area contributed by atoms with Gasteiger partial charge in [-0.05, 0) is 6.42 Å². The van der Waals surface area contributed by atoms with Crippen LogP contribution in [0.25, 0.3) is 11.4 Å². The molecular formula is C13H12F2N2O. The average Bonchev–Trinajstić information content (AvgIpc) is 2.38. The molecule has 1 heterocycles. The number of halogens is 2. The summed E-state index contributed by atoms with van der Waals surface area (Å²) in [6, 6.07) is 7.15. The third-order valence-corrected chi connectivity index (χ3v) is 2.59. The van der Waals surface area contributed by atoms with E-state index in [-0.39, 0.29) is 11.1 Å². The molecule has 1 aromatic carbocycles. The lowest BCUT2D eigenvalue weighted by Gasteiger charge is -2.04. The Morgan fingerprint density at radius 1 is 1.28 bits per heavy atom. The SMILES string of the molecule is CCc1cc(=O)[nH]c(-c2ccc(C(F)F)cc2)n1. The van der Waals surface area contributed by atoms with E-state index in [0.717, 1.165) is 0 Å². The van der Waals surface area contributed by atoms with E-state index in [1.54, 1.807) is 0 Å². The number of rotatable bonds is 3. The van der Waals surface area contributed by atoms with Crippen molar-refractivity contribution in [1.82, 2.24) is 9.97 Å². The van der Waals surface area contributed by atoms with Gasteiger partial charge in [-0.15, -0.1) is 0 Å². The van der Waals surface area contributed by atoms with E-state index in [1.807, 2.05) is 6.92 Å². The molecule has 1 aromatic heterocycles. The smallest absolute Gasteiger partial charge is 0.263 e. The van der Waals surface area contributed by atoms with Gasteiger partial charge in [-0.1, -0.05) is 31.2 Å². The maximum atomic E-state index is 12.4. The molecule has 0 fully saturated rings. The normalized spacial score (nSPS) is 10.9. The Balaban J connectivity index is 2.42. The van der Waals surface area contributed by atoms with Crippen LogP contribution >= 0.6 is 0 Å². The first-order valence-electron chi connectivity index (χ1n) is 5.59. The molecule has 0 bridgehead atoms. The third kappa shape index (κ3) is 2.61. The van der Waals surface area contributed by atoms with Crippen molar-refractivity contribution in [3.63, 3.8) is 0 Å². The molecular weight excluding hydrogens is 238 g/mol. The van der Waals surface area contributed by atoms with Gasteiger partial charge in [0.25, 0.3) is 12.0 Å². The fourth-order valence-corrected chi connectivity index (χ4v) is 1.61. The molecule has 0 atom stereocenters. The maximum absolute atomic E-state index is 12.4. The summed E-state index contributed by atoms with van der Waals surface area (Å²) in [5, 5.41) is 0. The predicted octanol–water partition coefficient (Wildman–Crippen LogP) is 2.94. The van der Waals surface area contributed by atoms with Crippen molar-refractivity contribution < 1.29 is 8.78 Å². The van der Waals surface area contributed by atoms with Gasteiger partial charge in [0.2, 0.25) is 0 Å². The molecule has 2 rings (SSSR count). The van der Waals surface area contributed by atoms with E-state index < -0.39 is 6.43 Å². The molecule has 0 saturated heterocycles. The van der Waals surface area contributed by atoms with Gasteiger partial charge in [-0.3, -0.25) is 4.79 Å². The molecule has 0 aliphatic heterocycles. The summed E-state index contributed by atoms with van der Waals surface area (Å²) in [6.07, 6.45) is -1.85. The number of nitrogens with one attached hydrogen (secondary N) is 1. The van der Waals surface area contributed by atoms with Crippen LogP contribution in [-0.2, 0) is 6.42 Å². The number of aromatic nitrogens is 2. The number of alkyl halides is 2. The summed E-state index contributed by atoms with van der Waals surface area (Å²) in [4.78, 5) is 18.2.